The molecule has 1 aromatic carbocycles. The van der Waals surface area contributed by atoms with Gasteiger partial charge in [-0.25, -0.2) is 9.97 Å². The van der Waals surface area contributed by atoms with Crippen molar-refractivity contribution in [2.24, 2.45) is 11.7 Å². The molecule has 1 aliphatic heterocycles. The molecule has 1 aliphatic carbocycles. The molecule has 136 valence electrons. The number of rotatable bonds is 2. The third-order valence-electron chi connectivity index (χ3n) is 4.89. The van der Waals surface area contributed by atoms with Crippen LogP contribution in [-0.2, 0) is 0 Å². The van der Waals surface area contributed by atoms with Gasteiger partial charge in [0.2, 0.25) is 0 Å². The van der Waals surface area contributed by atoms with Crippen LogP contribution >= 0.6 is 0 Å². The van der Waals surface area contributed by atoms with Gasteiger partial charge in [-0.1, -0.05) is 30.4 Å². The Kier molecular flexibility index (Phi) is 4.19. The van der Waals surface area contributed by atoms with Crippen LogP contribution in [0.4, 0.5) is 19.0 Å². The maximum atomic E-state index is 12.9. The van der Waals surface area contributed by atoms with E-state index in [1.165, 1.54) is 12.2 Å². The fourth-order valence-corrected chi connectivity index (χ4v) is 3.44. The first-order chi connectivity index (χ1) is 12.4. The highest BCUT2D eigenvalue weighted by Crippen LogP contribution is 2.35. The van der Waals surface area contributed by atoms with E-state index < -0.39 is 12.1 Å². The van der Waals surface area contributed by atoms with Crippen LogP contribution in [0.2, 0.25) is 0 Å². The van der Waals surface area contributed by atoms with Crippen LogP contribution in [0.25, 0.3) is 16.5 Å². The first-order valence-corrected chi connectivity index (χ1v) is 8.64. The number of nitrogens with two attached hydrogens (primary N) is 1. The average Bonchev–Trinajstić information content (AvgIpc) is 3.06. The van der Waals surface area contributed by atoms with Gasteiger partial charge < -0.3 is 10.6 Å². The minimum absolute atomic E-state index is 0.0879. The number of fused-ring (bicyclic) bond motifs is 1. The number of alkyl halides is 3. The number of nitrogens with zero attached hydrogens (tertiary/aromatic N) is 3. The average molecular weight is 360 g/mol. The summed E-state index contributed by atoms with van der Waals surface area (Å²) in [4.78, 5) is 11.4. The number of hydrogen-bond acceptors (Lipinski definition) is 4. The molecule has 7 heteroatoms. The standard InChI is InChI=1S/C19H19F3N4/c20-19(21,22)13-7-5-12(6-8-13)17-24-16-4-2-1-3-15(16)18(25-17)26-10-9-14(23)11-26/h1-7,13-14H,8-11,23H2. The highest BCUT2D eigenvalue weighted by Gasteiger charge is 2.38. The Bertz CT molecular complexity index is 888. The van der Waals surface area contributed by atoms with E-state index in [2.05, 4.69) is 14.9 Å². The molecule has 0 spiro atoms. The fourth-order valence-electron chi connectivity index (χ4n) is 3.44. The number of hydrogen-bond donors (Lipinski definition) is 1. The highest BCUT2D eigenvalue weighted by atomic mass is 19.4. The Balaban J connectivity index is 1.73. The molecule has 4 rings (SSSR count). The predicted molar refractivity (Wildman–Crippen MR) is 95.6 cm³/mol. The molecular weight excluding hydrogens is 341 g/mol. The highest BCUT2D eigenvalue weighted by molar-refractivity contribution is 5.91. The van der Waals surface area contributed by atoms with E-state index in [0.29, 0.717) is 17.9 Å². The molecule has 0 amide bonds. The van der Waals surface area contributed by atoms with Gasteiger partial charge in [0.15, 0.2) is 5.82 Å². The van der Waals surface area contributed by atoms with Crippen molar-refractivity contribution in [2.45, 2.75) is 25.1 Å². The maximum Gasteiger partial charge on any atom is 0.395 e. The van der Waals surface area contributed by atoms with E-state index in [4.69, 9.17) is 5.73 Å². The van der Waals surface area contributed by atoms with Gasteiger partial charge in [0, 0.05) is 30.1 Å². The molecule has 1 saturated heterocycles. The molecule has 0 radical (unpaired) electrons. The van der Waals surface area contributed by atoms with Crippen molar-refractivity contribution < 1.29 is 13.2 Å². The Morgan fingerprint density at radius 1 is 1.15 bits per heavy atom. The normalized spacial score (nSPS) is 23.5. The lowest BCUT2D eigenvalue weighted by Crippen LogP contribution is -2.27. The predicted octanol–water partition coefficient (Wildman–Crippen LogP) is 3.69. The van der Waals surface area contributed by atoms with Crippen LogP contribution in [0.3, 0.4) is 0 Å². The van der Waals surface area contributed by atoms with E-state index in [1.807, 2.05) is 24.3 Å². The smallest absolute Gasteiger partial charge is 0.354 e. The summed E-state index contributed by atoms with van der Waals surface area (Å²) in [7, 11) is 0. The summed E-state index contributed by atoms with van der Waals surface area (Å²) in [5.41, 5.74) is 7.43. The molecule has 4 nitrogen and oxygen atoms in total. The summed E-state index contributed by atoms with van der Waals surface area (Å²) in [6, 6.07) is 7.78. The molecule has 2 aromatic rings. The van der Waals surface area contributed by atoms with Gasteiger partial charge in [-0.2, -0.15) is 13.2 Å². The summed E-state index contributed by atoms with van der Waals surface area (Å²) in [5.74, 6) is -0.190. The van der Waals surface area contributed by atoms with Crippen molar-refractivity contribution >= 4 is 22.3 Å². The number of aromatic nitrogens is 2. The molecule has 0 bridgehead atoms. The van der Waals surface area contributed by atoms with Crippen molar-refractivity contribution in [3.05, 3.63) is 48.3 Å². The molecule has 1 aromatic heterocycles. The third kappa shape index (κ3) is 3.19. The van der Waals surface area contributed by atoms with E-state index in [0.717, 1.165) is 29.7 Å². The third-order valence-corrected chi connectivity index (χ3v) is 4.89. The van der Waals surface area contributed by atoms with E-state index in [9.17, 15) is 13.2 Å². The second-order valence-corrected chi connectivity index (χ2v) is 6.79. The lowest BCUT2D eigenvalue weighted by molar-refractivity contribution is -0.160. The number of anilines is 1. The van der Waals surface area contributed by atoms with Crippen LogP contribution in [0.15, 0.2) is 42.5 Å². The number of allylic oxidation sites excluding steroid dienone is 4. The Morgan fingerprint density at radius 2 is 1.96 bits per heavy atom. The summed E-state index contributed by atoms with van der Waals surface area (Å²) >= 11 is 0. The van der Waals surface area contributed by atoms with Crippen LogP contribution in [-0.4, -0.2) is 35.3 Å². The lowest BCUT2D eigenvalue weighted by atomic mass is 9.96. The lowest BCUT2D eigenvalue weighted by Gasteiger charge is -2.21. The monoisotopic (exact) mass is 360 g/mol. The van der Waals surface area contributed by atoms with Crippen molar-refractivity contribution in [1.82, 2.24) is 9.97 Å². The Morgan fingerprint density at radius 3 is 2.62 bits per heavy atom. The topological polar surface area (TPSA) is 55.0 Å². The van der Waals surface area contributed by atoms with Gasteiger partial charge in [0.05, 0.1) is 11.4 Å². The van der Waals surface area contributed by atoms with Crippen LogP contribution in [0.1, 0.15) is 18.7 Å². The Hall–Kier alpha value is -2.41. The summed E-state index contributed by atoms with van der Waals surface area (Å²) < 4.78 is 38.6. The van der Waals surface area contributed by atoms with Crippen molar-refractivity contribution in [3.63, 3.8) is 0 Å². The Labute approximate surface area is 149 Å². The first-order valence-electron chi connectivity index (χ1n) is 8.64. The van der Waals surface area contributed by atoms with E-state index in [1.54, 1.807) is 6.08 Å². The van der Waals surface area contributed by atoms with Crippen LogP contribution in [0.5, 0.6) is 0 Å². The van der Waals surface area contributed by atoms with Gasteiger partial charge >= 0.3 is 6.18 Å². The van der Waals surface area contributed by atoms with Gasteiger partial charge in [-0.15, -0.1) is 0 Å². The fraction of sp³-hybridized carbons (Fsp3) is 0.368. The van der Waals surface area contributed by atoms with Crippen molar-refractivity contribution in [2.75, 3.05) is 18.0 Å². The number of halogens is 3. The zero-order chi connectivity index (χ0) is 18.3. The summed E-state index contributed by atoms with van der Waals surface area (Å²) in [6.07, 6.45) is 0.824. The first kappa shape index (κ1) is 17.0. The SMILES string of the molecule is NC1CCN(c2nc(C3=CCC(C(F)(F)F)C=C3)nc3ccccc23)C1. The minimum Gasteiger partial charge on any atom is -0.354 e. The van der Waals surface area contributed by atoms with Gasteiger partial charge in [0.1, 0.15) is 5.82 Å². The molecule has 1 fully saturated rings. The zero-order valence-electron chi connectivity index (χ0n) is 14.1. The summed E-state index contributed by atoms with van der Waals surface area (Å²) in [5, 5.41) is 0.930. The molecule has 2 unspecified atom stereocenters. The largest absolute Gasteiger partial charge is 0.395 e. The van der Waals surface area contributed by atoms with Crippen LogP contribution < -0.4 is 10.6 Å². The maximum absolute atomic E-state index is 12.9. The number of benzene rings is 1. The molecule has 2 heterocycles. The zero-order valence-corrected chi connectivity index (χ0v) is 14.1. The van der Waals surface area contributed by atoms with E-state index in [-0.39, 0.29) is 12.5 Å². The number of para-hydroxylation sites is 1. The van der Waals surface area contributed by atoms with Gasteiger partial charge in [-0.05, 0) is 25.0 Å². The quantitative estimate of drug-likeness (QED) is 0.887. The van der Waals surface area contributed by atoms with Gasteiger partial charge in [0.25, 0.3) is 0 Å². The van der Waals surface area contributed by atoms with E-state index >= 15 is 0 Å². The molecule has 2 aliphatic rings. The summed E-state index contributed by atoms with van der Waals surface area (Å²) in [6.45, 7) is 1.53. The van der Waals surface area contributed by atoms with Gasteiger partial charge in [-0.3, -0.25) is 0 Å². The van der Waals surface area contributed by atoms with Crippen molar-refractivity contribution in [3.8, 4) is 0 Å². The molecule has 0 saturated carbocycles. The second-order valence-electron chi connectivity index (χ2n) is 6.79. The molecule has 26 heavy (non-hydrogen) atoms. The molecule has 2 N–H and O–H groups in total. The second kappa shape index (κ2) is 6.39. The van der Waals surface area contributed by atoms with Crippen LogP contribution in [0, 0.1) is 5.92 Å². The van der Waals surface area contributed by atoms with Crippen molar-refractivity contribution in [1.29, 1.82) is 0 Å². The molecule has 2 atom stereocenters. The molecular formula is C19H19F3N4. The minimum atomic E-state index is -4.22.